The third-order valence-corrected chi connectivity index (χ3v) is 1.95. The summed E-state index contributed by atoms with van der Waals surface area (Å²) < 4.78 is 0. The molecule has 0 aromatic rings. The quantitative estimate of drug-likeness (QED) is 0.541. The molecule has 0 amide bonds. The summed E-state index contributed by atoms with van der Waals surface area (Å²) >= 11 is 0. The van der Waals surface area contributed by atoms with Crippen LogP contribution in [0.4, 0.5) is 0 Å². The molecule has 1 heteroatoms. The zero-order valence-electron chi connectivity index (χ0n) is 14.9. The Bertz CT molecular complexity index is 244. The summed E-state index contributed by atoms with van der Waals surface area (Å²) in [5, 5.41) is 0. The van der Waals surface area contributed by atoms with Crippen LogP contribution in [-0.2, 0) is 4.79 Å². The highest BCUT2D eigenvalue weighted by molar-refractivity contribution is 5.81. The molecule has 0 heterocycles. The fourth-order valence-electron chi connectivity index (χ4n) is 0.979. The highest BCUT2D eigenvalue weighted by atomic mass is 16.1. The van der Waals surface area contributed by atoms with E-state index in [1.165, 1.54) is 0 Å². The Hall–Kier alpha value is -1.11. The standard InChI is InChI=1S/C12H18O.3C2H6/c1-5-7-9-12(8-6-2)10(3)11(4)13;3*1-2/h5-10H,1-4H3;3*1-2H3/b7-5-,8-6-,12-9+;;;. The predicted molar refractivity (Wildman–Crippen MR) is 91.6 cm³/mol. The van der Waals surface area contributed by atoms with Crippen molar-refractivity contribution in [2.45, 2.75) is 69.2 Å². The van der Waals surface area contributed by atoms with Gasteiger partial charge in [-0.05, 0) is 26.3 Å². The van der Waals surface area contributed by atoms with Gasteiger partial charge in [-0.25, -0.2) is 0 Å². The first-order chi connectivity index (χ1) is 9.13. The highest BCUT2D eigenvalue weighted by Gasteiger charge is 2.09. The van der Waals surface area contributed by atoms with Gasteiger partial charge in [0.25, 0.3) is 0 Å². The van der Waals surface area contributed by atoms with Crippen LogP contribution in [0.5, 0.6) is 0 Å². The summed E-state index contributed by atoms with van der Waals surface area (Å²) in [4.78, 5) is 11.1. The fraction of sp³-hybridized carbons (Fsp3) is 0.611. The summed E-state index contributed by atoms with van der Waals surface area (Å²) in [5.41, 5.74) is 1.06. The highest BCUT2D eigenvalue weighted by Crippen LogP contribution is 2.13. The van der Waals surface area contributed by atoms with Gasteiger partial charge in [-0.3, -0.25) is 4.79 Å². The van der Waals surface area contributed by atoms with Gasteiger partial charge in [0.15, 0.2) is 0 Å². The van der Waals surface area contributed by atoms with Crippen LogP contribution in [0.1, 0.15) is 69.2 Å². The number of hydrogen-bond acceptors (Lipinski definition) is 1. The Morgan fingerprint density at radius 2 is 1.32 bits per heavy atom. The van der Waals surface area contributed by atoms with Crippen LogP contribution in [0.15, 0.2) is 36.0 Å². The molecule has 0 fully saturated rings. The van der Waals surface area contributed by atoms with Crippen molar-refractivity contribution >= 4 is 5.78 Å². The summed E-state index contributed by atoms with van der Waals surface area (Å²) in [7, 11) is 0. The molecule has 0 radical (unpaired) electrons. The van der Waals surface area contributed by atoms with E-state index in [0.29, 0.717) is 0 Å². The molecule has 0 aliphatic carbocycles. The molecule has 114 valence electrons. The summed E-state index contributed by atoms with van der Waals surface area (Å²) in [6, 6.07) is 0. The second-order valence-corrected chi connectivity index (χ2v) is 3.02. The molecule has 0 aromatic heterocycles. The second kappa shape index (κ2) is 25.7. The molecule has 0 N–H and O–H groups in total. The van der Waals surface area contributed by atoms with E-state index < -0.39 is 0 Å². The first-order valence-electron chi connectivity index (χ1n) is 7.59. The van der Waals surface area contributed by atoms with E-state index in [1.54, 1.807) is 6.92 Å². The Morgan fingerprint density at radius 1 is 0.895 bits per heavy atom. The number of ketones is 1. The number of hydrogen-bond donors (Lipinski definition) is 0. The topological polar surface area (TPSA) is 17.1 Å². The van der Waals surface area contributed by atoms with Crippen LogP contribution in [0.25, 0.3) is 0 Å². The number of carbonyl (C=O) groups excluding carboxylic acids is 1. The van der Waals surface area contributed by atoms with Gasteiger partial charge in [-0.2, -0.15) is 0 Å². The first-order valence-corrected chi connectivity index (χ1v) is 7.59. The van der Waals surface area contributed by atoms with Gasteiger partial charge >= 0.3 is 0 Å². The molecule has 1 unspecified atom stereocenters. The number of allylic oxidation sites excluding steroid dienone is 6. The van der Waals surface area contributed by atoms with E-state index >= 15 is 0 Å². The summed E-state index contributed by atoms with van der Waals surface area (Å²) in [6.45, 7) is 19.5. The van der Waals surface area contributed by atoms with Crippen LogP contribution in [-0.4, -0.2) is 5.78 Å². The van der Waals surface area contributed by atoms with E-state index in [4.69, 9.17) is 0 Å². The molecule has 19 heavy (non-hydrogen) atoms. The van der Waals surface area contributed by atoms with Crippen LogP contribution in [0.3, 0.4) is 0 Å². The predicted octanol–water partition coefficient (Wildman–Crippen LogP) is 6.37. The third-order valence-electron chi connectivity index (χ3n) is 1.95. The van der Waals surface area contributed by atoms with E-state index in [0.717, 1.165) is 5.57 Å². The van der Waals surface area contributed by atoms with Gasteiger partial charge in [0.1, 0.15) is 5.78 Å². The summed E-state index contributed by atoms with van der Waals surface area (Å²) in [6.07, 6.45) is 9.82. The van der Waals surface area contributed by atoms with Crippen molar-refractivity contribution in [3.05, 3.63) is 36.0 Å². The van der Waals surface area contributed by atoms with E-state index in [2.05, 4.69) is 0 Å². The number of rotatable bonds is 4. The van der Waals surface area contributed by atoms with Gasteiger partial charge in [0.2, 0.25) is 0 Å². The average Bonchev–Trinajstić information content (AvgIpc) is 2.49. The monoisotopic (exact) mass is 268 g/mol. The maximum absolute atomic E-state index is 11.1. The first kappa shape index (κ1) is 26.5. The molecule has 1 atom stereocenters. The minimum absolute atomic E-state index is 0.00704. The van der Waals surface area contributed by atoms with Crippen molar-refractivity contribution in [3.8, 4) is 0 Å². The van der Waals surface area contributed by atoms with Crippen LogP contribution in [0, 0.1) is 5.92 Å². The zero-order chi connectivity index (χ0) is 16.3. The summed E-state index contributed by atoms with van der Waals surface area (Å²) in [5.74, 6) is 0.196. The van der Waals surface area contributed by atoms with Crippen molar-refractivity contribution in [1.29, 1.82) is 0 Å². The molecule has 0 spiro atoms. The average molecular weight is 268 g/mol. The lowest BCUT2D eigenvalue weighted by molar-refractivity contribution is -0.119. The maximum atomic E-state index is 11.1. The van der Waals surface area contributed by atoms with Gasteiger partial charge in [0, 0.05) is 5.92 Å². The van der Waals surface area contributed by atoms with Crippen LogP contribution >= 0.6 is 0 Å². The molecule has 1 nitrogen and oxygen atoms in total. The smallest absolute Gasteiger partial charge is 0.136 e. The second-order valence-electron chi connectivity index (χ2n) is 3.02. The molecular formula is C18H36O. The lowest BCUT2D eigenvalue weighted by atomic mass is 9.96. The van der Waals surface area contributed by atoms with E-state index in [-0.39, 0.29) is 11.7 Å². The molecule has 0 saturated heterocycles. The van der Waals surface area contributed by atoms with Crippen molar-refractivity contribution in [1.82, 2.24) is 0 Å². The van der Waals surface area contributed by atoms with Crippen molar-refractivity contribution < 1.29 is 4.79 Å². The molecule has 0 aliphatic rings. The van der Waals surface area contributed by atoms with E-state index in [1.807, 2.05) is 92.7 Å². The Labute approximate surface area is 122 Å². The lowest BCUT2D eigenvalue weighted by Crippen LogP contribution is -2.07. The minimum Gasteiger partial charge on any atom is -0.299 e. The van der Waals surface area contributed by atoms with E-state index in [9.17, 15) is 4.79 Å². The molecular weight excluding hydrogens is 232 g/mol. The largest absolute Gasteiger partial charge is 0.299 e. The normalized spacial score (nSPS) is 11.6. The van der Waals surface area contributed by atoms with Crippen LogP contribution in [0.2, 0.25) is 0 Å². The SMILES string of the molecule is CC.CC.CC.C\C=C/C=C(\C=C/C)C(C)C(C)=O. The zero-order valence-corrected chi connectivity index (χ0v) is 14.9. The Morgan fingerprint density at radius 3 is 1.58 bits per heavy atom. The minimum atomic E-state index is -0.00704. The van der Waals surface area contributed by atoms with Gasteiger partial charge in [0.05, 0.1) is 0 Å². The van der Waals surface area contributed by atoms with Crippen LogP contribution < -0.4 is 0 Å². The Balaban J connectivity index is -0.000000163. The molecule has 0 rings (SSSR count). The maximum Gasteiger partial charge on any atom is 0.136 e. The molecule has 0 saturated carbocycles. The van der Waals surface area contributed by atoms with Crippen molar-refractivity contribution in [2.24, 2.45) is 5.92 Å². The molecule has 0 aliphatic heterocycles. The van der Waals surface area contributed by atoms with Crippen molar-refractivity contribution in [3.63, 3.8) is 0 Å². The van der Waals surface area contributed by atoms with Gasteiger partial charge in [-0.1, -0.05) is 78.8 Å². The number of Topliss-reactive ketones (excluding diaryl/α,β-unsaturated/α-hetero) is 1. The fourth-order valence-corrected chi connectivity index (χ4v) is 0.979. The Kier molecular flexibility index (Phi) is 35.7. The third kappa shape index (κ3) is 19.4. The molecule has 0 aromatic carbocycles. The van der Waals surface area contributed by atoms with Gasteiger partial charge in [-0.15, -0.1) is 0 Å². The number of carbonyl (C=O) groups is 1. The lowest BCUT2D eigenvalue weighted by Gasteiger charge is -2.07. The van der Waals surface area contributed by atoms with Crippen molar-refractivity contribution in [2.75, 3.05) is 0 Å². The van der Waals surface area contributed by atoms with Gasteiger partial charge < -0.3 is 0 Å². The molecule has 0 bridgehead atoms.